The van der Waals surface area contributed by atoms with Gasteiger partial charge in [-0.1, -0.05) is 16.4 Å². The number of anilines is 4. The second-order valence-corrected chi connectivity index (χ2v) is 14.7. The Labute approximate surface area is 303 Å². The molecule has 5 rings (SSSR count). The maximum absolute atomic E-state index is 11.6. The van der Waals surface area contributed by atoms with E-state index in [1.807, 2.05) is 6.07 Å². The van der Waals surface area contributed by atoms with Crippen molar-refractivity contribution < 1.29 is 40.6 Å². The number of azo groups is 2. The first-order chi connectivity index (χ1) is 24.8. The highest BCUT2D eigenvalue weighted by atomic mass is 32.2. The molecule has 0 atom stereocenters. The molecular weight excluding hydrogens is 759 g/mol. The van der Waals surface area contributed by atoms with Crippen LogP contribution in [0.5, 0.6) is 0 Å². The number of rotatable bonds is 13. The Balaban J connectivity index is 1.51. The summed E-state index contributed by atoms with van der Waals surface area (Å²) in [6.45, 7) is 1.57. The van der Waals surface area contributed by atoms with E-state index in [9.17, 15) is 36.5 Å². The third-order valence-electron chi connectivity index (χ3n) is 6.68. The second-order valence-electron chi connectivity index (χ2n) is 10.1. The molecule has 2 aromatic heterocycles. The zero-order valence-electron chi connectivity index (χ0n) is 26.1. The van der Waals surface area contributed by atoms with Crippen LogP contribution in [0.1, 0.15) is 16.7 Å². The van der Waals surface area contributed by atoms with Crippen LogP contribution < -0.4 is 10.6 Å². The first kappa shape index (κ1) is 37.6. The number of pyridine rings is 1. The molecule has 0 unspecified atom stereocenters. The van der Waals surface area contributed by atoms with Gasteiger partial charge in [0, 0.05) is 21.8 Å². The Bertz CT molecular complexity index is 2480. The molecule has 0 saturated carbocycles. The molecule has 3 aromatic carbocycles. The third kappa shape index (κ3) is 9.36. The number of nitrogens with one attached hydrogen (secondary N) is 2. The SMILES string of the molecule is Cc1c(C#N)c(Nc2ccc(S(=O)(=O)O)cc2)nc(Nc2ccc(S(=O)(=O)O)cc2)c1N=Nc1sc(N=Nc2ccc(SOOO)cc2)cc1C#N. The van der Waals surface area contributed by atoms with Crippen LogP contribution in [0, 0.1) is 29.6 Å². The van der Waals surface area contributed by atoms with Gasteiger partial charge in [-0.2, -0.15) is 27.4 Å². The maximum Gasteiger partial charge on any atom is 0.294 e. The van der Waals surface area contributed by atoms with Gasteiger partial charge in [0.15, 0.2) is 16.6 Å². The van der Waals surface area contributed by atoms with Crippen LogP contribution >= 0.6 is 23.4 Å². The van der Waals surface area contributed by atoms with E-state index >= 15 is 0 Å². The largest absolute Gasteiger partial charge is 0.339 e. The topological polar surface area (TPSA) is 281 Å². The predicted octanol–water partition coefficient (Wildman–Crippen LogP) is 8.43. The van der Waals surface area contributed by atoms with Crippen molar-refractivity contribution in [1.29, 1.82) is 10.5 Å². The van der Waals surface area contributed by atoms with Crippen LogP contribution in [-0.4, -0.2) is 36.2 Å². The Morgan fingerprint density at radius 3 is 1.88 bits per heavy atom. The minimum Gasteiger partial charge on any atom is -0.339 e. The lowest BCUT2D eigenvalue weighted by molar-refractivity contribution is -0.432. The molecule has 52 heavy (non-hydrogen) atoms. The van der Waals surface area contributed by atoms with Crippen molar-refractivity contribution in [2.45, 2.75) is 21.6 Å². The van der Waals surface area contributed by atoms with Gasteiger partial charge in [0.2, 0.25) is 0 Å². The molecule has 264 valence electrons. The molecule has 5 aromatic rings. The molecule has 0 aliphatic rings. The quantitative estimate of drug-likeness (QED) is 0.0246. The fourth-order valence-electron chi connectivity index (χ4n) is 4.22. The zero-order valence-corrected chi connectivity index (χ0v) is 29.3. The van der Waals surface area contributed by atoms with Crippen molar-refractivity contribution >= 4 is 88.0 Å². The van der Waals surface area contributed by atoms with Crippen LogP contribution in [0.3, 0.4) is 0 Å². The minimum absolute atomic E-state index is 0.0213. The summed E-state index contributed by atoms with van der Waals surface area (Å²) in [7, 11) is -8.92. The summed E-state index contributed by atoms with van der Waals surface area (Å²) in [5, 5.41) is 55.1. The molecule has 0 amide bonds. The van der Waals surface area contributed by atoms with E-state index in [2.05, 4.69) is 51.5 Å². The average Bonchev–Trinajstić information content (AvgIpc) is 3.52. The van der Waals surface area contributed by atoms with Gasteiger partial charge < -0.3 is 10.6 Å². The molecule has 0 aliphatic heterocycles. The van der Waals surface area contributed by atoms with E-state index in [4.69, 9.17) is 5.26 Å². The molecule has 5 N–H and O–H groups in total. The fraction of sp³-hybridized carbons (Fsp3) is 0.0333. The van der Waals surface area contributed by atoms with E-state index in [0.717, 1.165) is 47.6 Å². The smallest absolute Gasteiger partial charge is 0.294 e. The standard InChI is InChI=1S/C30H21N9O9S4/c1-17-25(16-32)28(33-19-4-10-23(11-5-19)51(41,42)43)35-29(34-20-6-12-24(13-7-20)52(44,45)46)27(17)38-39-30-18(15-31)14-26(49-30)37-36-21-2-8-22(9-3-21)50-48-47-40/h2-14,40H,1H3,(H2,33,34,35)(H,41,42,43)(H,44,45,46). The molecular formula is C30H21N9O9S4. The Morgan fingerprint density at radius 1 is 0.788 bits per heavy atom. The van der Waals surface area contributed by atoms with Crippen molar-refractivity contribution in [3.8, 4) is 12.1 Å². The van der Waals surface area contributed by atoms with Gasteiger partial charge in [-0.15, -0.1) is 24.8 Å². The first-order valence-corrected chi connectivity index (χ1v) is 18.5. The summed E-state index contributed by atoms with van der Waals surface area (Å²) >= 11 is 1.78. The Hall–Kier alpha value is -5.66. The Kier molecular flexibility index (Phi) is 11.7. The summed E-state index contributed by atoms with van der Waals surface area (Å²) in [4.78, 5) is 4.44. The molecule has 22 heteroatoms. The summed E-state index contributed by atoms with van der Waals surface area (Å²) < 4.78 is 69.1. The lowest BCUT2D eigenvalue weighted by atomic mass is 10.1. The second kappa shape index (κ2) is 16.1. The van der Waals surface area contributed by atoms with Gasteiger partial charge in [0.05, 0.1) is 38.6 Å². The third-order valence-corrected chi connectivity index (χ3v) is 9.91. The van der Waals surface area contributed by atoms with Gasteiger partial charge in [0.1, 0.15) is 22.8 Å². The normalized spacial score (nSPS) is 11.8. The number of benzene rings is 3. The predicted molar refractivity (Wildman–Crippen MR) is 187 cm³/mol. The summed E-state index contributed by atoms with van der Waals surface area (Å²) in [6.07, 6.45) is 0. The molecule has 0 aliphatic carbocycles. The minimum atomic E-state index is -4.47. The van der Waals surface area contributed by atoms with Gasteiger partial charge in [-0.05, 0) is 85.8 Å². The van der Waals surface area contributed by atoms with Crippen molar-refractivity contribution in [2.24, 2.45) is 20.5 Å². The van der Waals surface area contributed by atoms with Crippen LogP contribution in [0.4, 0.5) is 44.4 Å². The maximum atomic E-state index is 11.6. The molecule has 0 bridgehead atoms. The average molecular weight is 780 g/mol. The van der Waals surface area contributed by atoms with Crippen LogP contribution in [0.25, 0.3) is 0 Å². The molecule has 0 radical (unpaired) electrons. The highest BCUT2D eigenvalue weighted by Crippen LogP contribution is 2.41. The molecule has 0 saturated heterocycles. The summed E-state index contributed by atoms with van der Waals surface area (Å²) in [5.41, 5.74) is 1.59. The van der Waals surface area contributed by atoms with Gasteiger partial charge in [-0.3, -0.25) is 9.11 Å². The molecule has 0 spiro atoms. The van der Waals surface area contributed by atoms with Gasteiger partial charge in [-0.25, -0.2) is 10.2 Å². The number of hydrogen-bond donors (Lipinski definition) is 5. The number of hydrogen-bond acceptors (Lipinski definition) is 18. The molecule has 18 nitrogen and oxygen atoms in total. The van der Waals surface area contributed by atoms with Crippen LogP contribution in [0.2, 0.25) is 0 Å². The lowest BCUT2D eigenvalue weighted by Gasteiger charge is -2.16. The van der Waals surface area contributed by atoms with Crippen molar-refractivity contribution in [3.63, 3.8) is 0 Å². The van der Waals surface area contributed by atoms with Gasteiger partial charge >= 0.3 is 0 Å². The molecule has 2 heterocycles. The summed E-state index contributed by atoms with van der Waals surface area (Å²) in [6, 6.07) is 22.1. The van der Waals surface area contributed by atoms with E-state index in [1.165, 1.54) is 30.3 Å². The van der Waals surface area contributed by atoms with Crippen molar-refractivity contribution in [1.82, 2.24) is 4.98 Å². The van der Waals surface area contributed by atoms with E-state index < -0.39 is 20.2 Å². The van der Waals surface area contributed by atoms with Crippen LogP contribution in [-0.2, 0) is 29.6 Å². The highest BCUT2D eigenvalue weighted by molar-refractivity contribution is 7.94. The summed E-state index contributed by atoms with van der Waals surface area (Å²) in [5.74, 6) is 0.0532. The number of thiophene rings is 1. The number of nitriles is 2. The lowest BCUT2D eigenvalue weighted by Crippen LogP contribution is -2.05. The monoisotopic (exact) mass is 779 g/mol. The highest BCUT2D eigenvalue weighted by Gasteiger charge is 2.20. The number of aromatic nitrogens is 1. The van der Waals surface area contributed by atoms with E-state index in [1.54, 1.807) is 31.2 Å². The van der Waals surface area contributed by atoms with Crippen molar-refractivity contribution in [2.75, 3.05) is 10.6 Å². The van der Waals surface area contributed by atoms with E-state index in [-0.39, 0.29) is 48.8 Å². The van der Waals surface area contributed by atoms with Crippen LogP contribution in [0.15, 0.2) is 114 Å². The molecule has 0 fully saturated rings. The van der Waals surface area contributed by atoms with E-state index in [0.29, 0.717) is 27.0 Å². The first-order valence-electron chi connectivity index (χ1n) is 14.0. The fourth-order valence-corrected chi connectivity index (χ4v) is 6.29. The van der Waals surface area contributed by atoms with Crippen molar-refractivity contribution in [3.05, 3.63) is 95.6 Å². The van der Waals surface area contributed by atoms with Gasteiger partial charge in [0.25, 0.3) is 20.2 Å². The number of nitrogens with zero attached hydrogens (tertiary/aromatic N) is 7. The zero-order chi connectivity index (χ0) is 37.5. The Morgan fingerprint density at radius 2 is 1.37 bits per heavy atom.